The fourth-order valence-electron chi connectivity index (χ4n) is 1.75. The van der Waals surface area contributed by atoms with Crippen molar-refractivity contribution in [2.75, 3.05) is 18.4 Å². The largest absolute Gasteiger partial charge is 0.481 e. The van der Waals surface area contributed by atoms with Crippen molar-refractivity contribution in [3.05, 3.63) is 11.8 Å². The third-order valence-corrected chi connectivity index (χ3v) is 2.74. The van der Waals surface area contributed by atoms with Gasteiger partial charge < -0.3 is 9.63 Å². The van der Waals surface area contributed by atoms with Crippen molar-refractivity contribution < 1.29 is 19.2 Å². The van der Waals surface area contributed by atoms with Crippen molar-refractivity contribution in [3.8, 4) is 0 Å². The van der Waals surface area contributed by atoms with Crippen molar-refractivity contribution in [3.63, 3.8) is 0 Å². The van der Waals surface area contributed by atoms with E-state index >= 15 is 0 Å². The van der Waals surface area contributed by atoms with Gasteiger partial charge in [0.1, 0.15) is 0 Å². The molecular weight excluding hydrogens is 250 g/mol. The number of aliphatic carboxylic acids is 1. The Bertz CT molecular complexity index is 444. The molecule has 0 fully saturated rings. The van der Waals surface area contributed by atoms with Crippen LogP contribution in [0.2, 0.25) is 0 Å². The number of amides is 1. The molecule has 1 heterocycles. The van der Waals surface area contributed by atoms with E-state index in [-0.39, 0.29) is 24.9 Å². The van der Waals surface area contributed by atoms with Crippen LogP contribution in [-0.4, -0.2) is 46.2 Å². The smallest absolute Gasteiger partial charge is 0.304 e. The first-order valence-corrected chi connectivity index (χ1v) is 6.11. The Kier molecular flexibility index (Phi) is 5.50. The molecule has 7 nitrogen and oxygen atoms in total. The van der Waals surface area contributed by atoms with Gasteiger partial charge in [-0.25, -0.2) is 0 Å². The van der Waals surface area contributed by atoms with Crippen LogP contribution < -0.4 is 5.32 Å². The maximum atomic E-state index is 11.8. The Morgan fingerprint density at radius 1 is 1.58 bits per heavy atom. The van der Waals surface area contributed by atoms with Crippen LogP contribution in [0.5, 0.6) is 0 Å². The lowest BCUT2D eigenvalue weighted by atomic mass is 10.2. The highest BCUT2D eigenvalue weighted by atomic mass is 16.5. The van der Waals surface area contributed by atoms with Gasteiger partial charge in [0, 0.05) is 12.1 Å². The Balaban J connectivity index is 2.50. The number of nitrogens with zero attached hydrogens (tertiary/aromatic N) is 2. The van der Waals surface area contributed by atoms with E-state index in [0.717, 1.165) is 0 Å². The molecule has 0 aromatic carbocycles. The minimum absolute atomic E-state index is 0.00252. The molecule has 0 saturated carbocycles. The second-order valence-electron chi connectivity index (χ2n) is 4.39. The molecule has 106 valence electrons. The number of hydrogen-bond donors (Lipinski definition) is 2. The molecule has 1 aromatic rings. The Labute approximate surface area is 111 Å². The van der Waals surface area contributed by atoms with Crippen LogP contribution >= 0.6 is 0 Å². The third-order valence-electron chi connectivity index (χ3n) is 2.74. The molecule has 1 amide bonds. The summed E-state index contributed by atoms with van der Waals surface area (Å²) in [7, 11) is 0. The number of carbonyl (C=O) groups excluding carboxylic acids is 1. The zero-order chi connectivity index (χ0) is 14.4. The summed E-state index contributed by atoms with van der Waals surface area (Å²) in [4.78, 5) is 24.2. The molecule has 7 heteroatoms. The topological polar surface area (TPSA) is 95.7 Å². The first-order valence-electron chi connectivity index (χ1n) is 6.11. The average molecular weight is 269 g/mol. The summed E-state index contributed by atoms with van der Waals surface area (Å²) in [5.74, 6) is -0.836. The summed E-state index contributed by atoms with van der Waals surface area (Å²) in [6, 6.07) is 1.42. The lowest BCUT2D eigenvalue weighted by Gasteiger charge is -2.25. The highest BCUT2D eigenvalue weighted by molar-refractivity contribution is 5.91. The fourth-order valence-corrected chi connectivity index (χ4v) is 1.75. The molecule has 0 bridgehead atoms. The summed E-state index contributed by atoms with van der Waals surface area (Å²) in [6.07, 6.45) is 0.00252. The monoisotopic (exact) mass is 269 g/mol. The van der Waals surface area contributed by atoms with Gasteiger partial charge in [-0.1, -0.05) is 12.1 Å². The molecular formula is C12H19N3O4. The van der Waals surface area contributed by atoms with E-state index in [2.05, 4.69) is 10.5 Å². The molecule has 1 unspecified atom stereocenters. The number of nitrogens with one attached hydrogen (secondary N) is 1. The van der Waals surface area contributed by atoms with E-state index in [1.165, 1.54) is 0 Å². The van der Waals surface area contributed by atoms with Crippen molar-refractivity contribution in [1.82, 2.24) is 10.1 Å². The maximum absolute atomic E-state index is 11.8. The predicted octanol–water partition coefficient (Wildman–Crippen LogP) is 1.11. The standard InChI is InChI=1S/C12H19N3O4/c1-4-15(9(3)6-12(17)18)7-10(16)13-11-5-8(2)14-19-11/h5,9H,4,6-7H2,1-3H3,(H,13,16)(H,17,18). The van der Waals surface area contributed by atoms with Crippen LogP contribution in [0.4, 0.5) is 5.88 Å². The van der Waals surface area contributed by atoms with E-state index in [9.17, 15) is 9.59 Å². The van der Waals surface area contributed by atoms with Crippen molar-refractivity contribution in [2.45, 2.75) is 33.2 Å². The van der Waals surface area contributed by atoms with Gasteiger partial charge in [-0.15, -0.1) is 0 Å². The fraction of sp³-hybridized carbons (Fsp3) is 0.583. The molecule has 1 aromatic heterocycles. The van der Waals surface area contributed by atoms with Gasteiger partial charge >= 0.3 is 5.97 Å². The quantitative estimate of drug-likeness (QED) is 0.769. The molecule has 0 aliphatic rings. The summed E-state index contributed by atoms with van der Waals surface area (Å²) in [6.45, 7) is 6.13. The van der Waals surface area contributed by atoms with Crippen LogP contribution in [0.25, 0.3) is 0 Å². The number of likely N-dealkylation sites (N-methyl/N-ethyl adjacent to an activating group) is 1. The van der Waals surface area contributed by atoms with Gasteiger partial charge in [0.15, 0.2) is 0 Å². The van der Waals surface area contributed by atoms with E-state index in [4.69, 9.17) is 9.63 Å². The van der Waals surface area contributed by atoms with Gasteiger partial charge in [0.2, 0.25) is 11.8 Å². The van der Waals surface area contributed by atoms with E-state index in [1.54, 1.807) is 24.8 Å². The molecule has 0 aliphatic heterocycles. The molecule has 1 atom stereocenters. The van der Waals surface area contributed by atoms with Crippen LogP contribution in [0.15, 0.2) is 10.6 Å². The Hall–Kier alpha value is -1.89. The van der Waals surface area contributed by atoms with Gasteiger partial charge in [0.05, 0.1) is 18.7 Å². The Morgan fingerprint density at radius 2 is 2.26 bits per heavy atom. The number of carbonyl (C=O) groups is 2. The van der Waals surface area contributed by atoms with Crippen molar-refractivity contribution in [2.24, 2.45) is 0 Å². The van der Waals surface area contributed by atoms with E-state index < -0.39 is 5.97 Å². The molecule has 1 rings (SSSR count). The van der Waals surface area contributed by atoms with Crippen LogP contribution in [0.3, 0.4) is 0 Å². The molecule has 0 aliphatic carbocycles. The van der Waals surface area contributed by atoms with Gasteiger partial charge in [0.25, 0.3) is 0 Å². The zero-order valence-electron chi connectivity index (χ0n) is 11.3. The zero-order valence-corrected chi connectivity index (χ0v) is 11.3. The predicted molar refractivity (Wildman–Crippen MR) is 68.8 cm³/mol. The SMILES string of the molecule is CCN(CC(=O)Nc1cc(C)no1)C(C)CC(=O)O. The maximum Gasteiger partial charge on any atom is 0.304 e. The number of carboxylic acid groups (broad SMARTS) is 1. The Morgan fingerprint density at radius 3 is 2.74 bits per heavy atom. The second kappa shape index (κ2) is 6.89. The summed E-state index contributed by atoms with van der Waals surface area (Å²) in [5.41, 5.74) is 0.682. The van der Waals surface area contributed by atoms with Gasteiger partial charge in [-0.3, -0.25) is 19.8 Å². The lowest BCUT2D eigenvalue weighted by molar-refractivity contribution is -0.138. The number of carboxylic acids is 1. The summed E-state index contributed by atoms with van der Waals surface area (Å²) < 4.78 is 4.88. The van der Waals surface area contributed by atoms with Crippen LogP contribution in [0.1, 0.15) is 26.0 Å². The van der Waals surface area contributed by atoms with Crippen molar-refractivity contribution >= 4 is 17.8 Å². The number of rotatable bonds is 7. The number of aromatic nitrogens is 1. The number of anilines is 1. The summed E-state index contributed by atoms with van der Waals surface area (Å²) in [5, 5.41) is 15.0. The highest BCUT2D eigenvalue weighted by Gasteiger charge is 2.18. The van der Waals surface area contributed by atoms with Crippen molar-refractivity contribution in [1.29, 1.82) is 0 Å². The van der Waals surface area contributed by atoms with E-state index in [0.29, 0.717) is 18.1 Å². The number of aryl methyl sites for hydroxylation is 1. The second-order valence-corrected chi connectivity index (χ2v) is 4.39. The van der Waals surface area contributed by atoms with Crippen LogP contribution in [-0.2, 0) is 9.59 Å². The van der Waals surface area contributed by atoms with E-state index in [1.807, 2.05) is 6.92 Å². The average Bonchev–Trinajstić information content (AvgIpc) is 2.70. The van der Waals surface area contributed by atoms with Gasteiger partial charge in [-0.05, 0) is 20.4 Å². The minimum Gasteiger partial charge on any atom is -0.481 e. The minimum atomic E-state index is -0.878. The lowest BCUT2D eigenvalue weighted by Crippen LogP contribution is -2.40. The molecule has 2 N–H and O–H groups in total. The van der Waals surface area contributed by atoms with Crippen LogP contribution in [0, 0.1) is 6.92 Å². The molecule has 0 spiro atoms. The summed E-state index contributed by atoms with van der Waals surface area (Å²) >= 11 is 0. The first-order chi connectivity index (χ1) is 8.92. The molecule has 0 saturated heterocycles. The van der Waals surface area contributed by atoms with Gasteiger partial charge in [-0.2, -0.15) is 0 Å². The molecule has 0 radical (unpaired) electrons. The first kappa shape index (κ1) is 15.2. The molecule has 19 heavy (non-hydrogen) atoms. The third kappa shape index (κ3) is 5.09. The number of hydrogen-bond acceptors (Lipinski definition) is 5. The highest BCUT2D eigenvalue weighted by Crippen LogP contribution is 2.09. The normalized spacial score (nSPS) is 12.4.